The summed E-state index contributed by atoms with van der Waals surface area (Å²) in [5, 5.41) is 0. The Balaban J connectivity index is 3.11. The number of nitrogens with zero attached hydrogens (tertiary/aromatic N) is 1. The van der Waals surface area contributed by atoms with E-state index in [4.69, 9.17) is 4.18 Å². The van der Waals surface area contributed by atoms with Gasteiger partial charge in [0, 0.05) is 24.6 Å². The molecule has 0 spiro atoms. The van der Waals surface area contributed by atoms with Gasteiger partial charge in [0.25, 0.3) is 0 Å². The third kappa shape index (κ3) is 7.06. The molecule has 6 heteroatoms. The van der Waals surface area contributed by atoms with Crippen molar-refractivity contribution in [2.24, 2.45) is 5.41 Å². The molecule has 25 heavy (non-hydrogen) atoms. The van der Waals surface area contributed by atoms with Crippen LogP contribution in [-0.2, 0) is 21.5 Å². The van der Waals surface area contributed by atoms with Crippen LogP contribution in [0.5, 0.6) is 5.75 Å². The molecule has 0 aromatic heterocycles. The quantitative estimate of drug-likeness (QED) is 0.650. The number of hydrogen-bond donors (Lipinski definition) is 0. The second kappa shape index (κ2) is 8.70. The van der Waals surface area contributed by atoms with Gasteiger partial charge in [-0.2, -0.15) is 8.42 Å². The van der Waals surface area contributed by atoms with Crippen molar-refractivity contribution in [3.05, 3.63) is 29.8 Å². The predicted octanol–water partition coefficient (Wildman–Crippen LogP) is 3.98. The van der Waals surface area contributed by atoms with Gasteiger partial charge in [-0.1, -0.05) is 45.9 Å². The number of carbonyl (C=O) groups is 1. The van der Waals surface area contributed by atoms with Crippen LogP contribution in [0.25, 0.3) is 0 Å². The number of para-hydroxylation sites is 1. The summed E-state index contributed by atoms with van der Waals surface area (Å²) >= 11 is 0. The van der Waals surface area contributed by atoms with Gasteiger partial charge in [-0.25, -0.2) is 0 Å². The molecule has 1 atom stereocenters. The Labute approximate surface area is 152 Å². The molecular weight excluding hydrogens is 338 g/mol. The molecule has 1 rings (SSSR count). The standard InChI is InChI=1S/C19H31NO4S/c1-7-15(3)20(18(21)13-19(4,5)6)14-16-11-9-10-12-17(16)24-25(22,23)8-2/h9-12,15H,7-8,13-14H2,1-6H3. The molecule has 0 bridgehead atoms. The molecule has 1 aromatic rings. The molecule has 1 amide bonds. The molecule has 0 N–H and O–H groups in total. The van der Waals surface area contributed by atoms with Crippen LogP contribution < -0.4 is 4.18 Å². The summed E-state index contributed by atoms with van der Waals surface area (Å²) in [4.78, 5) is 14.6. The molecule has 0 aliphatic carbocycles. The van der Waals surface area contributed by atoms with E-state index in [0.29, 0.717) is 24.3 Å². The topological polar surface area (TPSA) is 63.7 Å². The average molecular weight is 370 g/mol. The van der Waals surface area contributed by atoms with Crippen LogP contribution in [-0.4, -0.2) is 31.0 Å². The molecule has 0 saturated heterocycles. The van der Waals surface area contributed by atoms with Gasteiger partial charge >= 0.3 is 10.1 Å². The van der Waals surface area contributed by atoms with Gasteiger partial charge in [-0.15, -0.1) is 0 Å². The Morgan fingerprint density at radius 1 is 1.20 bits per heavy atom. The van der Waals surface area contributed by atoms with Crippen molar-refractivity contribution in [2.75, 3.05) is 5.75 Å². The molecule has 1 aromatic carbocycles. The predicted molar refractivity (Wildman–Crippen MR) is 101 cm³/mol. The summed E-state index contributed by atoms with van der Waals surface area (Å²) in [7, 11) is -3.61. The maximum atomic E-state index is 12.8. The normalized spacial score (nSPS) is 13.4. The van der Waals surface area contributed by atoms with E-state index >= 15 is 0 Å². The number of hydrogen-bond acceptors (Lipinski definition) is 4. The SMILES string of the molecule is CCC(C)N(Cc1ccccc1OS(=O)(=O)CC)C(=O)CC(C)(C)C. The van der Waals surface area contributed by atoms with Crippen molar-refractivity contribution in [3.8, 4) is 5.75 Å². The largest absolute Gasteiger partial charge is 0.382 e. The number of carbonyl (C=O) groups excluding carboxylic acids is 1. The summed E-state index contributed by atoms with van der Waals surface area (Å²) in [6.45, 7) is 12.0. The fourth-order valence-electron chi connectivity index (χ4n) is 2.36. The minimum absolute atomic E-state index is 0.0608. The molecule has 0 radical (unpaired) electrons. The van der Waals surface area contributed by atoms with Crippen molar-refractivity contribution >= 4 is 16.0 Å². The van der Waals surface area contributed by atoms with Crippen LogP contribution in [0, 0.1) is 5.41 Å². The fraction of sp³-hybridized carbons (Fsp3) is 0.632. The van der Waals surface area contributed by atoms with Crippen LogP contribution in [0.15, 0.2) is 24.3 Å². The monoisotopic (exact) mass is 369 g/mol. The highest BCUT2D eigenvalue weighted by atomic mass is 32.2. The zero-order valence-electron chi connectivity index (χ0n) is 16.2. The smallest absolute Gasteiger partial charge is 0.308 e. The third-order valence-corrected chi connectivity index (χ3v) is 5.15. The molecule has 1 unspecified atom stereocenters. The van der Waals surface area contributed by atoms with E-state index in [9.17, 15) is 13.2 Å². The van der Waals surface area contributed by atoms with E-state index in [-0.39, 0.29) is 23.1 Å². The Morgan fingerprint density at radius 2 is 1.80 bits per heavy atom. The molecular formula is C19H31NO4S. The fourth-order valence-corrected chi connectivity index (χ4v) is 2.91. The van der Waals surface area contributed by atoms with E-state index in [2.05, 4.69) is 0 Å². The first kappa shape index (κ1) is 21.5. The lowest BCUT2D eigenvalue weighted by Gasteiger charge is -2.32. The van der Waals surface area contributed by atoms with Crippen LogP contribution >= 0.6 is 0 Å². The van der Waals surface area contributed by atoms with E-state index in [0.717, 1.165) is 6.42 Å². The highest BCUT2D eigenvalue weighted by Crippen LogP contribution is 2.26. The molecule has 0 saturated carbocycles. The Bertz CT molecular complexity index is 677. The molecule has 0 fully saturated rings. The third-order valence-electron chi connectivity index (χ3n) is 4.01. The average Bonchev–Trinajstić information content (AvgIpc) is 2.51. The van der Waals surface area contributed by atoms with E-state index in [1.54, 1.807) is 18.2 Å². The van der Waals surface area contributed by atoms with Gasteiger partial charge in [0.2, 0.25) is 5.91 Å². The summed E-state index contributed by atoms with van der Waals surface area (Å²) < 4.78 is 28.8. The van der Waals surface area contributed by atoms with Crippen molar-refractivity contribution in [3.63, 3.8) is 0 Å². The van der Waals surface area contributed by atoms with Gasteiger partial charge in [-0.3, -0.25) is 4.79 Å². The second-order valence-electron chi connectivity index (χ2n) is 7.55. The zero-order chi connectivity index (χ0) is 19.3. The zero-order valence-corrected chi connectivity index (χ0v) is 17.0. The molecule has 5 nitrogen and oxygen atoms in total. The van der Waals surface area contributed by atoms with E-state index < -0.39 is 10.1 Å². The minimum Gasteiger partial charge on any atom is -0.382 e. The number of rotatable bonds is 8. The van der Waals surface area contributed by atoms with Crippen LogP contribution in [0.2, 0.25) is 0 Å². The van der Waals surface area contributed by atoms with Crippen molar-refractivity contribution in [1.29, 1.82) is 0 Å². The Kier molecular flexibility index (Phi) is 7.47. The lowest BCUT2D eigenvalue weighted by atomic mass is 9.91. The van der Waals surface area contributed by atoms with Gasteiger partial charge in [0.15, 0.2) is 0 Å². The Morgan fingerprint density at radius 3 is 2.32 bits per heavy atom. The maximum absolute atomic E-state index is 12.8. The van der Waals surface area contributed by atoms with Gasteiger partial charge in [-0.05, 0) is 31.7 Å². The first-order chi connectivity index (χ1) is 11.5. The molecule has 0 aliphatic heterocycles. The summed E-state index contributed by atoms with van der Waals surface area (Å²) in [6.07, 6.45) is 1.26. The Hall–Kier alpha value is -1.56. The maximum Gasteiger partial charge on any atom is 0.308 e. The lowest BCUT2D eigenvalue weighted by Crippen LogP contribution is -2.39. The van der Waals surface area contributed by atoms with Crippen LogP contribution in [0.1, 0.15) is 59.9 Å². The van der Waals surface area contributed by atoms with Gasteiger partial charge < -0.3 is 9.08 Å². The minimum atomic E-state index is -3.61. The number of benzene rings is 1. The molecule has 0 heterocycles. The van der Waals surface area contributed by atoms with Crippen molar-refractivity contribution < 1.29 is 17.4 Å². The first-order valence-corrected chi connectivity index (χ1v) is 10.4. The van der Waals surface area contributed by atoms with E-state index in [1.807, 2.05) is 45.6 Å². The summed E-state index contributed by atoms with van der Waals surface area (Å²) in [5.74, 6) is 0.260. The second-order valence-corrected chi connectivity index (χ2v) is 9.41. The van der Waals surface area contributed by atoms with Crippen LogP contribution in [0.4, 0.5) is 0 Å². The highest BCUT2D eigenvalue weighted by molar-refractivity contribution is 7.87. The summed E-state index contributed by atoms with van der Waals surface area (Å²) in [6, 6.07) is 7.05. The van der Waals surface area contributed by atoms with Crippen LogP contribution in [0.3, 0.4) is 0 Å². The van der Waals surface area contributed by atoms with Crippen molar-refractivity contribution in [1.82, 2.24) is 4.90 Å². The summed E-state index contributed by atoms with van der Waals surface area (Å²) in [5.41, 5.74) is 0.590. The highest BCUT2D eigenvalue weighted by Gasteiger charge is 2.25. The van der Waals surface area contributed by atoms with E-state index in [1.165, 1.54) is 6.92 Å². The van der Waals surface area contributed by atoms with Gasteiger partial charge in [0.05, 0.1) is 5.75 Å². The van der Waals surface area contributed by atoms with Crippen molar-refractivity contribution in [2.45, 2.75) is 67.0 Å². The lowest BCUT2D eigenvalue weighted by molar-refractivity contribution is -0.135. The number of amides is 1. The van der Waals surface area contributed by atoms with Gasteiger partial charge in [0.1, 0.15) is 5.75 Å². The molecule has 0 aliphatic rings. The first-order valence-electron chi connectivity index (χ1n) is 8.78. The molecule has 142 valence electrons.